The van der Waals surface area contributed by atoms with E-state index in [-0.39, 0.29) is 5.91 Å². The van der Waals surface area contributed by atoms with Gasteiger partial charge in [-0.05, 0) is 19.9 Å². The highest BCUT2D eigenvalue weighted by Crippen LogP contribution is 2.30. The Morgan fingerprint density at radius 2 is 2.15 bits per heavy atom. The van der Waals surface area contributed by atoms with Gasteiger partial charge in [0.1, 0.15) is 0 Å². The fourth-order valence-electron chi connectivity index (χ4n) is 1.78. The second-order valence-electron chi connectivity index (χ2n) is 3.98. The highest BCUT2D eigenvalue weighted by Gasteiger charge is 2.38. The maximum atomic E-state index is 11.1. The first-order valence-electron chi connectivity index (χ1n) is 4.97. The number of rotatable bonds is 4. The van der Waals surface area contributed by atoms with Crippen LogP contribution in [0.4, 0.5) is 0 Å². The topological polar surface area (TPSA) is 44.4 Å². The largest absolute Gasteiger partial charge is 0.350 e. The van der Waals surface area contributed by atoms with Gasteiger partial charge in [-0.25, -0.2) is 0 Å². The predicted molar refractivity (Wildman–Crippen MR) is 50.5 cm³/mol. The molecule has 1 saturated heterocycles. The maximum absolute atomic E-state index is 11.1. The quantitative estimate of drug-likeness (QED) is 0.598. The van der Waals surface area contributed by atoms with Crippen LogP contribution in [0.1, 0.15) is 12.8 Å². The lowest BCUT2D eigenvalue weighted by molar-refractivity contribution is -0.122. The average Bonchev–Trinajstić information content (AvgIpc) is 2.79. The Balaban J connectivity index is 1.60. The summed E-state index contributed by atoms with van der Waals surface area (Å²) in [7, 11) is 1.79. The number of hydrogen-bond donors (Lipinski definition) is 2. The van der Waals surface area contributed by atoms with Gasteiger partial charge in [0, 0.05) is 19.1 Å². The van der Waals surface area contributed by atoms with Crippen molar-refractivity contribution in [3.63, 3.8) is 0 Å². The van der Waals surface area contributed by atoms with Gasteiger partial charge < -0.3 is 10.6 Å². The summed E-state index contributed by atoms with van der Waals surface area (Å²) < 4.78 is 0. The third kappa shape index (κ3) is 2.19. The van der Waals surface area contributed by atoms with Crippen LogP contribution in [0.5, 0.6) is 0 Å². The summed E-state index contributed by atoms with van der Waals surface area (Å²) in [4.78, 5) is 13.6. The van der Waals surface area contributed by atoms with Crippen molar-refractivity contribution in [1.29, 1.82) is 0 Å². The summed E-state index contributed by atoms with van der Waals surface area (Å²) in [5.41, 5.74) is 0. The highest BCUT2D eigenvalue weighted by molar-refractivity contribution is 5.78. The van der Waals surface area contributed by atoms with Crippen molar-refractivity contribution in [1.82, 2.24) is 15.5 Å². The molecule has 2 fully saturated rings. The summed E-state index contributed by atoms with van der Waals surface area (Å²) in [5, 5.41) is 5.83. The van der Waals surface area contributed by atoms with Crippen molar-refractivity contribution in [2.45, 2.75) is 24.9 Å². The van der Waals surface area contributed by atoms with Crippen LogP contribution in [-0.4, -0.2) is 49.6 Å². The minimum atomic E-state index is 0.114. The van der Waals surface area contributed by atoms with Gasteiger partial charge in [0.2, 0.25) is 5.91 Å². The second-order valence-corrected chi connectivity index (χ2v) is 3.98. The molecule has 1 heterocycles. The van der Waals surface area contributed by atoms with Crippen LogP contribution in [0.3, 0.4) is 0 Å². The zero-order valence-electron chi connectivity index (χ0n) is 8.05. The molecule has 0 radical (unpaired) electrons. The Labute approximate surface area is 78.7 Å². The van der Waals surface area contributed by atoms with Crippen molar-refractivity contribution in [2.24, 2.45) is 0 Å². The first-order chi connectivity index (χ1) is 6.29. The summed E-state index contributed by atoms with van der Waals surface area (Å²) >= 11 is 0. The fourth-order valence-corrected chi connectivity index (χ4v) is 1.78. The molecule has 2 rings (SSSR count). The Hall–Kier alpha value is -0.610. The Bertz CT molecular complexity index is 197. The lowest BCUT2D eigenvalue weighted by Gasteiger charge is -2.39. The third-order valence-electron chi connectivity index (χ3n) is 2.68. The van der Waals surface area contributed by atoms with Gasteiger partial charge >= 0.3 is 0 Å². The molecule has 0 aromatic heterocycles. The molecule has 0 atom stereocenters. The zero-order valence-corrected chi connectivity index (χ0v) is 8.05. The average molecular weight is 183 g/mol. The van der Waals surface area contributed by atoms with Gasteiger partial charge in [-0.1, -0.05) is 0 Å². The molecule has 1 aliphatic heterocycles. The Morgan fingerprint density at radius 1 is 1.46 bits per heavy atom. The first-order valence-corrected chi connectivity index (χ1v) is 4.97. The van der Waals surface area contributed by atoms with E-state index in [2.05, 4.69) is 15.5 Å². The van der Waals surface area contributed by atoms with E-state index < -0.39 is 0 Å². The minimum absolute atomic E-state index is 0.114. The molecule has 74 valence electrons. The summed E-state index contributed by atoms with van der Waals surface area (Å²) in [6.45, 7) is 2.54. The molecule has 0 bridgehead atoms. The van der Waals surface area contributed by atoms with Gasteiger partial charge in [-0.15, -0.1) is 0 Å². The predicted octanol–water partition coefficient (Wildman–Crippen LogP) is -0.831. The van der Waals surface area contributed by atoms with Gasteiger partial charge in [0.25, 0.3) is 0 Å². The zero-order chi connectivity index (χ0) is 9.26. The number of nitrogens with zero attached hydrogens (tertiary/aromatic N) is 1. The second kappa shape index (κ2) is 3.64. The monoisotopic (exact) mass is 183 g/mol. The van der Waals surface area contributed by atoms with Crippen LogP contribution in [0.15, 0.2) is 0 Å². The van der Waals surface area contributed by atoms with Crippen molar-refractivity contribution in [3.8, 4) is 0 Å². The number of carbonyl (C=O) groups excluding carboxylic acids is 1. The number of likely N-dealkylation sites (N-methyl/N-ethyl adjacent to an activating group) is 1. The molecule has 1 saturated carbocycles. The Morgan fingerprint density at radius 3 is 2.69 bits per heavy atom. The molecule has 2 N–H and O–H groups in total. The summed E-state index contributed by atoms with van der Waals surface area (Å²) in [6, 6.07) is 1.25. The highest BCUT2D eigenvalue weighted by atomic mass is 16.2. The fraction of sp³-hybridized carbons (Fsp3) is 0.889. The SMILES string of the molecule is CNCC(=O)NC1CN(C2CC2)C1. The molecule has 4 nitrogen and oxygen atoms in total. The van der Waals surface area contributed by atoms with Crippen LogP contribution >= 0.6 is 0 Å². The molecule has 13 heavy (non-hydrogen) atoms. The van der Waals surface area contributed by atoms with E-state index in [0.717, 1.165) is 19.1 Å². The van der Waals surface area contributed by atoms with Crippen LogP contribution in [0.2, 0.25) is 0 Å². The molecular formula is C9H17N3O. The molecule has 1 aliphatic carbocycles. The molecule has 0 aromatic carbocycles. The number of nitrogens with one attached hydrogen (secondary N) is 2. The summed E-state index contributed by atoms with van der Waals surface area (Å²) in [6.07, 6.45) is 2.72. The standard InChI is InChI=1S/C9H17N3O/c1-10-4-9(13)11-7-5-12(6-7)8-2-3-8/h7-8,10H,2-6H2,1H3,(H,11,13). The lowest BCUT2D eigenvalue weighted by Crippen LogP contribution is -2.60. The van der Waals surface area contributed by atoms with E-state index in [1.165, 1.54) is 12.8 Å². The molecular weight excluding hydrogens is 166 g/mol. The van der Waals surface area contributed by atoms with Gasteiger partial charge in [-0.3, -0.25) is 9.69 Å². The van der Waals surface area contributed by atoms with E-state index in [9.17, 15) is 4.79 Å². The van der Waals surface area contributed by atoms with E-state index in [1.807, 2.05) is 0 Å². The number of carbonyl (C=O) groups is 1. The normalized spacial score (nSPS) is 24.1. The van der Waals surface area contributed by atoms with E-state index >= 15 is 0 Å². The molecule has 2 aliphatic rings. The molecule has 4 heteroatoms. The van der Waals surface area contributed by atoms with Crippen molar-refractivity contribution in [2.75, 3.05) is 26.7 Å². The van der Waals surface area contributed by atoms with Crippen molar-refractivity contribution in [3.05, 3.63) is 0 Å². The number of likely N-dealkylation sites (tertiary alicyclic amines) is 1. The lowest BCUT2D eigenvalue weighted by atomic mass is 10.1. The molecule has 0 aromatic rings. The van der Waals surface area contributed by atoms with E-state index in [0.29, 0.717) is 12.6 Å². The van der Waals surface area contributed by atoms with Gasteiger partial charge in [-0.2, -0.15) is 0 Å². The van der Waals surface area contributed by atoms with Crippen molar-refractivity contribution >= 4 is 5.91 Å². The third-order valence-corrected chi connectivity index (χ3v) is 2.68. The number of amides is 1. The van der Waals surface area contributed by atoms with Crippen LogP contribution < -0.4 is 10.6 Å². The van der Waals surface area contributed by atoms with E-state index in [4.69, 9.17) is 0 Å². The summed E-state index contributed by atoms with van der Waals surface area (Å²) in [5.74, 6) is 0.114. The molecule has 0 unspecified atom stereocenters. The maximum Gasteiger partial charge on any atom is 0.234 e. The van der Waals surface area contributed by atoms with Crippen LogP contribution in [0, 0.1) is 0 Å². The minimum Gasteiger partial charge on any atom is -0.350 e. The van der Waals surface area contributed by atoms with E-state index in [1.54, 1.807) is 7.05 Å². The van der Waals surface area contributed by atoms with Crippen LogP contribution in [0.25, 0.3) is 0 Å². The molecule has 1 amide bonds. The Kier molecular flexibility index (Phi) is 2.51. The first kappa shape index (κ1) is 8.97. The molecule has 0 spiro atoms. The van der Waals surface area contributed by atoms with Crippen LogP contribution in [-0.2, 0) is 4.79 Å². The number of hydrogen-bond acceptors (Lipinski definition) is 3. The smallest absolute Gasteiger partial charge is 0.234 e. The van der Waals surface area contributed by atoms with Gasteiger partial charge in [0.05, 0.1) is 12.6 Å². The van der Waals surface area contributed by atoms with Gasteiger partial charge in [0.15, 0.2) is 0 Å². The van der Waals surface area contributed by atoms with Crippen molar-refractivity contribution < 1.29 is 4.79 Å².